The van der Waals surface area contributed by atoms with Crippen LogP contribution in [0.5, 0.6) is 5.75 Å². The van der Waals surface area contributed by atoms with Gasteiger partial charge in [-0.3, -0.25) is 4.79 Å². The summed E-state index contributed by atoms with van der Waals surface area (Å²) in [6.07, 6.45) is 2.15. The van der Waals surface area contributed by atoms with Gasteiger partial charge in [0.2, 0.25) is 0 Å². The predicted molar refractivity (Wildman–Crippen MR) is 101 cm³/mol. The smallest absolute Gasteiger partial charge is 0.256 e. The van der Waals surface area contributed by atoms with E-state index in [1.807, 2.05) is 12.1 Å². The number of carbonyl (C=O) groups is 1. The number of ether oxygens (including phenoxy) is 2. The van der Waals surface area contributed by atoms with Crippen LogP contribution in [0.4, 0.5) is 4.39 Å². The number of likely N-dealkylation sites (tertiary alicyclic amines) is 1. The molecule has 0 bridgehead atoms. The Morgan fingerprint density at radius 2 is 2.04 bits per heavy atom. The minimum atomic E-state index is -0.550. The summed E-state index contributed by atoms with van der Waals surface area (Å²) < 4.78 is 25.9. The van der Waals surface area contributed by atoms with Crippen molar-refractivity contribution in [3.8, 4) is 5.75 Å². The number of fused-ring (bicyclic) bond motifs is 2. The summed E-state index contributed by atoms with van der Waals surface area (Å²) in [6.45, 7) is 1.63. The summed E-state index contributed by atoms with van der Waals surface area (Å²) >= 11 is 5.93. The fourth-order valence-corrected chi connectivity index (χ4v) is 4.37. The summed E-state index contributed by atoms with van der Waals surface area (Å²) in [5.74, 6) is -0.0561. The first kappa shape index (κ1) is 18.3. The van der Waals surface area contributed by atoms with Crippen molar-refractivity contribution in [3.63, 3.8) is 0 Å². The highest BCUT2D eigenvalue weighted by Gasteiger charge is 2.43. The Morgan fingerprint density at radius 1 is 1.26 bits per heavy atom. The van der Waals surface area contributed by atoms with Crippen LogP contribution in [0.1, 0.15) is 34.3 Å². The summed E-state index contributed by atoms with van der Waals surface area (Å²) in [7, 11) is 1.67. The average Bonchev–Trinajstić information content (AvgIpc) is 2.70. The molecular formula is C21H21ClFNO3. The highest BCUT2D eigenvalue weighted by atomic mass is 35.5. The first-order chi connectivity index (χ1) is 13.0. The highest BCUT2D eigenvalue weighted by Crippen LogP contribution is 2.45. The number of carbonyl (C=O) groups excluding carboxylic acids is 1. The van der Waals surface area contributed by atoms with E-state index < -0.39 is 11.4 Å². The van der Waals surface area contributed by atoms with E-state index in [4.69, 9.17) is 21.1 Å². The third-order valence-corrected chi connectivity index (χ3v) is 5.79. The topological polar surface area (TPSA) is 38.8 Å². The van der Waals surface area contributed by atoms with Crippen molar-refractivity contribution >= 4 is 17.5 Å². The molecule has 142 valence electrons. The van der Waals surface area contributed by atoms with Crippen molar-refractivity contribution in [2.75, 3.05) is 26.8 Å². The first-order valence-electron chi connectivity index (χ1n) is 9.09. The molecule has 6 heteroatoms. The second-order valence-electron chi connectivity index (χ2n) is 7.00. The lowest BCUT2D eigenvalue weighted by molar-refractivity contribution is -0.0946. The third kappa shape index (κ3) is 3.19. The fraction of sp³-hybridized carbons (Fsp3) is 0.381. The van der Waals surface area contributed by atoms with Crippen LogP contribution < -0.4 is 4.74 Å². The van der Waals surface area contributed by atoms with Gasteiger partial charge in [-0.15, -0.1) is 0 Å². The molecule has 2 aliphatic heterocycles. The Hall–Kier alpha value is -2.11. The Bertz CT molecular complexity index is 863. The van der Waals surface area contributed by atoms with Gasteiger partial charge in [0.05, 0.1) is 19.3 Å². The number of rotatable bonds is 2. The maximum absolute atomic E-state index is 14.1. The molecule has 0 aromatic heterocycles. The van der Waals surface area contributed by atoms with Gasteiger partial charge in [0.15, 0.2) is 0 Å². The quantitative estimate of drug-likeness (QED) is 0.773. The van der Waals surface area contributed by atoms with Gasteiger partial charge in [0, 0.05) is 23.7 Å². The van der Waals surface area contributed by atoms with Gasteiger partial charge < -0.3 is 14.4 Å². The molecule has 0 unspecified atom stereocenters. The fourth-order valence-electron chi connectivity index (χ4n) is 4.20. The van der Waals surface area contributed by atoms with E-state index in [2.05, 4.69) is 6.07 Å². The van der Waals surface area contributed by atoms with Crippen LogP contribution in [0.2, 0.25) is 5.02 Å². The molecule has 2 heterocycles. The van der Waals surface area contributed by atoms with Gasteiger partial charge >= 0.3 is 0 Å². The lowest BCUT2D eigenvalue weighted by Crippen LogP contribution is -2.48. The van der Waals surface area contributed by atoms with Gasteiger partial charge in [0.1, 0.15) is 17.2 Å². The number of benzene rings is 2. The molecule has 0 saturated carbocycles. The largest absolute Gasteiger partial charge is 0.496 e. The van der Waals surface area contributed by atoms with Crippen molar-refractivity contribution in [1.82, 2.24) is 4.90 Å². The molecule has 1 saturated heterocycles. The van der Waals surface area contributed by atoms with Crippen molar-refractivity contribution in [3.05, 3.63) is 63.9 Å². The molecule has 4 nitrogen and oxygen atoms in total. The highest BCUT2D eigenvalue weighted by molar-refractivity contribution is 6.31. The summed E-state index contributed by atoms with van der Waals surface area (Å²) in [5, 5.41) is 0.350. The van der Waals surface area contributed by atoms with E-state index in [-0.39, 0.29) is 11.5 Å². The normalized spacial score (nSPS) is 18.3. The minimum Gasteiger partial charge on any atom is -0.496 e. The number of halogens is 2. The second kappa shape index (κ2) is 7.13. The Labute approximate surface area is 162 Å². The van der Waals surface area contributed by atoms with Crippen LogP contribution in [-0.4, -0.2) is 37.6 Å². The van der Waals surface area contributed by atoms with E-state index in [0.717, 1.165) is 17.7 Å². The van der Waals surface area contributed by atoms with E-state index in [0.29, 0.717) is 37.6 Å². The van der Waals surface area contributed by atoms with Gasteiger partial charge in [-0.25, -0.2) is 4.39 Å². The van der Waals surface area contributed by atoms with Gasteiger partial charge in [-0.1, -0.05) is 23.7 Å². The van der Waals surface area contributed by atoms with Gasteiger partial charge in [-0.05, 0) is 49.1 Å². The zero-order valence-corrected chi connectivity index (χ0v) is 15.9. The van der Waals surface area contributed by atoms with Crippen molar-refractivity contribution in [2.45, 2.75) is 24.9 Å². The Balaban J connectivity index is 1.58. The van der Waals surface area contributed by atoms with E-state index in [1.54, 1.807) is 12.0 Å². The zero-order valence-electron chi connectivity index (χ0n) is 15.1. The number of hydrogen-bond acceptors (Lipinski definition) is 3. The maximum Gasteiger partial charge on any atom is 0.256 e. The van der Waals surface area contributed by atoms with Crippen LogP contribution in [0.3, 0.4) is 0 Å². The maximum atomic E-state index is 14.1. The predicted octanol–water partition coefficient (Wildman–Crippen LogP) is 4.19. The number of hydrogen-bond donors (Lipinski definition) is 0. The molecule has 2 aromatic rings. The van der Waals surface area contributed by atoms with E-state index in [9.17, 15) is 9.18 Å². The van der Waals surface area contributed by atoms with Crippen molar-refractivity contribution < 1.29 is 18.7 Å². The third-order valence-electron chi connectivity index (χ3n) is 5.55. The van der Waals surface area contributed by atoms with Crippen LogP contribution in [0.25, 0.3) is 0 Å². The van der Waals surface area contributed by atoms with Crippen LogP contribution in [0, 0.1) is 5.82 Å². The van der Waals surface area contributed by atoms with E-state index >= 15 is 0 Å². The number of nitrogens with zero attached hydrogens (tertiary/aromatic N) is 1. The Morgan fingerprint density at radius 3 is 2.78 bits per heavy atom. The first-order valence-corrected chi connectivity index (χ1v) is 9.46. The average molecular weight is 390 g/mol. The molecule has 4 rings (SSSR count). The van der Waals surface area contributed by atoms with Gasteiger partial charge in [0.25, 0.3) is 5.91 Å². The molecule has 0 atom stereocenters. The standard InChI is InChI=1S/C21H21ClFNO3/c1-26-18-4-2-3-14-7-12-27-21(19(14)18)8-10-24(11-9-21)20(25)16-13-15(22)5-6-17(16)23/h2-6,13H,7-12H2,1H3. The van der Waals surface area contributed by atoms with Gasteiger partial charge in [-0.2, -0.15) is 0 Å². The molecule has 1 spiro atoms. The van der Waals surface area contributed by atoms with E-state index in [1.165, 1.54) is 23.8 Å². The molecule has 0 N–H and O–H groups in total. The molecule has 2 aromatic carbocycles. The van der Waals surface area contributed by atoms with Crippen molar-refractivity contribution in [2.24, 2.45) is 0 Å². The lowest BCUT2D eigenvalue weighted by atomic mass is 9.78. The summed E-state index contributed by atoms with van der Waals surface area (Å²) in [4.78, 5) is 14.4. The molecular weight excluding hydrogens is 369 g/mol. The number of piperidine rings is 1. The monoisotopic (exact) mass is 389 g/mol. The summed E-state index contributed by atoms with van der Waals surface area (Å²) in [5.41, 5.74) is 1.89. The van der Waals surface area contributed by atoms with Crippen molar-refractivity contribution in [1.29, 1.82) is 0 Å². The SMILES string of the molecule is COc1cccc2c1C1(CCN(C(=O)c3cc(Cl)ccc3F)CC1)OCC2. The van der Waals surface area contributed by atoms with Crippen LogP contribution in [-0.2, 0) is 16.8 Å². The minimum absolute atomic E-state index is 0.0148. The Kier molecular flexibility index (Phi) is 4.82. The number of amides is 1. The lowest BCUT2D eigenvalue weighted by Gasteiger charge is -2.45. The van der Waals surface area contributed by atoms with Crippen LogP contribution >= 0.6 is 11.6 Å². The molecule has 1 fully saturated rings. The molecule has 0 radical (unpaired) electrons. The molecule has 2 aliphatic rings. The summed E-state index contributed by atoms with van der Waals surface area (Å²) in [6, 6.07) is 10.1. The second-order valence-corrected chi connectivity index (χ2v) is 7.44. The zero-order chi connectivity index (χ0) is 19.0. The molecule has 1 amide bonds. The number of methoxy groups -OCH3 is 1. The van der Waals surface area contributed by atoms with Crippen LogP contribution in [0.15, 0.2) is 36.4 Å². The molecule has 0 aliphatic carbocycles. The molecule has 27 heavy (non-hydrogen) atoms.